The van der Waals surface area contributed by atoms with Crippen LogP contribution in [0.25, 0.3) is 22.5 Å². The molecule has 0 spiro atoms. The summed E-state index contributed by atoms with van der Waals surface area (Å²) in [5.74, 6) is -0.257. The Labute approximate surface area is 133 Å². The number of carbonyl (C=O) groups is 1. The van der Waals surface area contributed by atoms with E-state index in [1.807, 2.05) is 48.5 Å². The molecule has 3 rings (SSSR count). The van der Waals surface area contributed by atoms with Crippen molar-refractivity contribution in [1.29, 1.82) is 0 Å². The van der Waals surface area contributed by atoms with Crippen LogP contribution in [0, 0.1) is 6.92 Å². The maximum absolute atomic E-state index is 10.7. The molecule has 3 aromatic rings. The maximum Gasteiger partial charge on any atom is 0.307 e. The Morgan fingerprint density at radius 3 is 2.04 bits per heavy atom. The van der Waals surface area contributed by atoms with Crippen LogP contribution in [-0.4, -0.2) is 16.2 Å². The van der Waals surface area contributed by atoms with Crippen molar-refractivity contribution in [2.45, 2.75) is 13.3 Å². The zero-order chi connectivity index (χ0) is 16.4. The van der Waals surface area contributed by atoms with Gasteiger partial charge in [0.2, 0.25) is 0 Å². The Morgan fingerprint density at radius 1 is 1.04 bits per heavy atom. The highest BCUT2D eigenvalue weighted by Gasteiger charge is 2.11. The lowest BCUT2D eigenvalue weighted by atomic mass is 10.0. The number of hydrogen-bond donors (Lipinski definition) is 2. The fraction of sp³-hybridized carbons (Fsp3) is 0.111. The molecule has 0 atom stereocenters. The summed E-state index contributed by atoms with van der Waals surface area (Å²) in [4.78, 5) is 10.7. The summed E-state index contributed by atoms with van der Waals surface area (Å²) in [6, 6.07) is 15.3. The lowest BCUT2D eigenvalue weighted by Gasteiger charge is -2.05. The standard InChI is InChI=1S/C18H16N2O3/c1-11-17(19)18(23-20-11)15-8-6-14(7-9-15)13-4-2-12(3-5-13)10-16(21)22/h2-9H,10,19H2,1H3,(H,21,22). The molecular weight excluding hydrogens is 292 g/mol. The van der Waals surface area contributed by atoms with Crippen molar-refractivity contribution in [2.24, 2.45) is 0 Å². The number of rotatable bonds is 4. The smallest absolute Gasteiger partial charge is 0.307 e. The number of nitrogens with zero attached hydrogens (tertiary/aromatic N) is 1. The van der Waals surface area contributed by atoms with Gasteiger partial charge in [-0.05, 0) is 23.6 Å². The minimum absolute atomic E-state index is 0.0311. The molecule has 1 aromatic heterocycles. The van der Waals surface area contributed by atoms with Gasteiger partial charge >= 0.3 is 5.97 Å². The number of aliphatic carboxylic acids is 1. The quantitative estimate of drug-likeness (QED) is 0.769. The lowest BCUT2D eigenvalue weighted by molar-refractivity contribution is -0.136. The van der Waals surface area contributed by atoms with Gasteiger partial charge in [-0.1, -0.05) is 53.7 Å². The number of aromatic nitrogens is 1. The second-order valence-corrected chi connectivity index (χ2v) is 5.36. The molecule has 23 heavy (non-hydrogen) atoms. The topological polar surface area (TPSA) is 89.3 Å². The lowest BCUT2D eigenvalue weighted by Crippen LogP contribution is -1.99. The molecule has 5 heteroatoms. The third kappa shape index (κ3) is 3.08. The third-order valence-corrected chi connectivity index (χ3v) is 3.70. The Bertz CT molecular complexity index is 834. The van der Waals surface area contributed by atoms with E-state index in [-0.39, 0.29) is 6.42 Å². The second-order valence-electron chi connectivity index (χ2n) is 5.36. The van der Waals surface area contributed by atoms with Gasteiger partial charge in [0.05, 0.1) is 6.42 Å². The fourth-order valence-electron chi connectivity index (χ4n) is 2.39. The molecule has 0 amide bonds. The van der Waals surface area contributed by atoms with Crippen molar-refractivity contribution < 1.29 is 14.4 Å². The molecule has 0 aliphatic rings. The number of anilines is 1. The van der Waals surface area contributed by atoms with Gasteiger partial charge in [0, 0.05) is 5.56 Å². The number of benzene rings is 2. The Morgan fingerprint density at radius 2 is 1.57 bits per heavy atom. The molecule has 0 saturated heterocycles. The van der Waals surface area contributed by atoms with Crippen molar-refractivity contribution >= 4 is 11.7 Å². The van der Waals surface area contributed by atoms with Gasteiger partial charge in [0.1, 0.15) is 11.4 Å². The van der Waals surface area contributed by atoms with Gasteiger partial charge in [-0.15, -0.1) is 0 Å². The van der Waals surface area contributed by atoms with Crippen LogP contribution in [-0.2, 0) is 11.2 Å². The summed E-state index contributed by atoms with van der Waals surface area (Å²) in [5, 5.41) is 12.7. The van der Waals surface area contributed by atoms with Gasteiger partial charge in [-0.25, -0.2) is 0 Å². The van der Waals surface area contributed by atoms with Crippen LogP contribution < -0.4 is 5.73 Å². The highest BCUT2D eigenvalue weighted by molar-refractivity contribution is 5.75. The second kappa shape index (κ2) is 5.96. The first-order chi connectivity index (χ1) is 11.0. The maximum atomic E-state index is 10.7. The number of carboxylic acid groups (broad SMARTS) is 1. The largest absolute Gasteiger partial charge is 0.481 e. The fourth-order valence-corrected chi connectivity index (χ4v) is 2.39. The van der Waals surface area contributed by atoms with Crippen LogP contribution in [0.5, 0.6) is 0 Å². The first-order valence-corrected chi connectivity index (χ1v) is 7.18. The zero-order valence-corrected chi connectivity index (χ0v) is 12.6. The number of aryl methyl sites for hydroxylation is 1. The van der Waals surface area contributed by atoms with E-state index >= 15 is 0 Å². The molecule has 0 bridgehead atoms. The van der Waals surface area contributed by atoms with E-state index < -0.39 is 5.97 Å². The van der Waals surface area contributed by atoms with E-state index in [0.717, 1.165) is 22.3 Å². The molecule has 0 fully saturated rings. The predicted octanol–water partition coefficient (Wildman–Crippen LogP) is 3.53. The number of nitrogens with two attached hydrogens (primary N) is 1. The van der Waals surface area contributed by atoms with Crippen molar-refractivity contribution in [1.82, 2.24) is 5.16 Å². The van der Waals surface area contributed by atoms with Gasteiger partial charge in [0.15, 0.2) is 5.76 Å². The van der Waals surface area contributed by atoms with E-state index in [0.29, 0.717) is 17.1 Å². The van der Waals surface area contributed by atoms with Crippen LogP contribution in [0.15, 0.2) is 53.1 Å². The van der Waals surface area contributed by atoms with Crippen molar-refractivity contribution in [3.8, 4) is 22.5 Å². The minimum atomic E-state index is -0.831. The normalized spacial score (nSPS) is 10.7. The van der Waals surface area contributed by atoms with E-state index in [4.69, 9.17) is 15.4 Å². The first-order valence-electron chi connectivity index (χ1n) is 7.18. The molecule has 0 unspecified atom stereocenters. The summed E-state index contributed by atoms with van der Waals surface area (Å²) >= 11 is 0. The first kappa shape index (κ1) is 14.8. The predicted molar refractivity (Wildman–Crippen MR) is 87.9 cm³/mol. The summed E-state index contributed by atoms with van der Waals surface area (Å²) in [7, 11) is 0. The Hall–Kier alpha value is -3.08. The van der Waals surface area contributed by atoms with Crippen LogP contribution in [0.2, 0.25) is 0 Å². The summed E-state index contributed by atoms with van der Waals surface area (Å²) in [5.41, 5.74) is 10.9. The zero-order valence-electron chi connectivity index (χ0n) is 12.6. The van der Waals surface area contributed by atoms with Crippen LogP contribution in [0.3, 0.4) is 0 Å². The monoisotopic (exact) mass is 308 g/mol. The number of carboxylic acids is 1. The minimum Gasteiger partial charge on any atom is -0.481 e. The molecule has 116 valence electrons. The molecule has 2 aromatic carbocycles. The van der Waals surface area contributed by atoms with Gasteiger partial charge in [-0.3, -0.25) is 4.79 Å². The van der Waals surface area contributed by atoms with Crippen LogP contribution in [0.1, 0.15) is 11.3 Å². The van der Waals surface area contributed by atoms with Crippen molar-refractivity contribution in [3.63, 3.8) is 0 Å². The third-order valence-electron chi connectivity index (χ3n) is 3.70. The van der Waals surface area contributed by atoms with Gasteiger partial charge < -0.3 is 15.4 Å². The van der Waals surface area contributed by atoms with Gasteiger partial charge in [-0.2, -0.15) is 0 Å². The van der Waals surface area contributed by atoms with Gasteiger partial charge in [0.25, 0.3) is 0 Å². The average Bonchev–Trinajstić information content (AvgIpc) is 2.87. The molecular formula is C18H16N2O3. The highest BCUT2D eigenvalue weighted by Crippen LogP contribution is 2.30. The van der Waals surface area contributed by atoms with E-state index in [1.165, 1.54) is 0 Å². The Kier molecular flexibility index (Phi) is 3.85. The molecule has 3 N–H and O–H groups in total. The van der Waals surface area contributed by atoms with Crippen LogP contribution in [0.4, 0.5) is 5.69 Å². The molecule has 1 heterocycles. The average molecular weight is 308 g/mol. The highest BCUT2D eigenvalue weighted by atomic mass is 16.5. The summed E-state index contributed by atoms with van der Waals surface area (Å²) in [6.45, 7) is 1.80. The molecule has 0 aliphatic carbocycles. The summed E-state index contributed by atoms with van der Waals surface area (Å²) < 4.78 is 5.25. The molecule has 5 nitrogen and oxygen atoms in total. The van der Waals surface area contributed by atoms with Crippen LogP contribution >= 0.6 is 0 Å². The molecule has 0 radical (unpaired) electrons. The summed E-state index contributed by atoms with van der Waals surface area (Å²) in [6.07, 6.45) is 0.0311. The molecule has 0 saturated carbocycles. The molecule has 0 aliphatic heterocycles. The van der Waals surface area contributed by atoms with Crippen molar-refractivity contribution in [2.75, 3.05) is 5.73 Å². The Balaban J connectivity index is 1.84. The van der Waals surface area contributed by atoms with E-state index in [2.05, 4.69) is 5.16 Å². The van der Waals surface area contributed by atoms with E-state index in [9.17, 15) is 4.79 Å². The number of hydrogen-bond acceptors (Lipinski definition) is 4. The SMILES string of the molecule is Cc1noc(-c2ccc(-c3ccc(CC(=O)O)cc3)cc2)c1N. The number of nitrogen functional groups attached to an aromatic ring is 1. The van der Waals surface area contributed by atoms with Crippen molar-refractivity contribution in [3.05, 3.63) is 59.8 Å². The van der Waals surface area contributed by atoms with E-state index in [1.54, 1.807) is 6.92 Å².